The number of halogens is 2. The van der Waals surface area contributed by atoms with Crippen molar-refractivity contribution < 1.29 is 18.6 Å². The number of hydrogen-bond donors (Lipinski definition) is 2. The lowest BCUT2D eigenvalue weighted by atomic mass is 10.1. The monoisotopic (exact) mass is 265 g/mol. The third kappa shape index (κ3) is 3.42. The van der Waals surface area contributed by atoms with Crippen LogP contribution < -0.4 is 10.5 Å². The van der Waals surface area contributed by atoms with Gasteiger partial charge < -0.3 is 15.6 Å². The van der Waals surface area contributed by atoms with Gasteiger partial charge in [-0.1, -0.05) is 18.2 Å². The average Bonchev–Trinajstić information content (AvgIpc) is 2.35. The van der Waals surface area contributed by atoms with Crippen LogP contribution in [0.5, 0.6) is 5.75 Å². The fraction of sp³-hybridized carbons (Fsp3) is 0.143. The van der Waals surface area contributed by atoms with Gasteiger partial charge in [0, 0.05) is 29.4 Å². The van der Waals surface area contributed by atoms with Crippen LogP contribution in [0.25, 0.3) is 0 Å². The van der Waals surface area contributed by atoms with Gasteiger partial charge in [0.25, 0.3) is 0 Å². The zero-order valence-corrected chi connectivity index (χ0v) is 10.0. The molecule has 2 aromatic rings. The Hall–Kier alpha value is -2.14. The van der Waals surface area contributed by atoms with Crippen molar-refractivity contribution in [3.63, 3.8) is 0 Å². The smallest absolute Gasteiger partial charge is 0.129 e. The third-order valence-electron chi connectivity index (χ3n) is 2.60. The molecule has 0 fully saturated rings. The number of hydrogen-bond acceptors (Lipinski definition) is 3. The Bertz CT molecular complexity index is 555. The summed E-state index contributed by atoms with van der Waals surface area (Å²) in [7, 11) is 0. The van der Waals surface area contributed by atoms with Gasteiger partial charge in [0.1, 0.15) is 30.1 Å². The molecule has 2 rings (SSSR count). The number of nitrogen functional groups attached to an aromatic ring is 1. The van der Waals surface area contributed by atoms with E-state index in [1.165, 1.54) is 0 Å². The average molecular weight is 265 g/mol. The van der Waals surface area contributed by atoms with E-state index in [4.69, 9.17) is 10.5 Å². The second kappa shape index (κ2) is 5.67. The summed E-state index contributed by atoms with van der Waals surface area (Å²) in [5.41, 5.74) is 6.65. The number of para-hydroxylation sites is 1. The fourth-order valence-electron chi connectivity index (χ4n) is 1.69. The lowest BCUT2D eigenvalue weighted by Crippen LogP contribution is -2.11. The first-order valence-electron chi connectivity index (χ1n) is 5.67. The number of rotatable bonds is 4. The standard InChI is InChI=1S/C14H13F2NO2/c15-9-5-10(16)7-11(6-9)19-8-14(18)12-3-1-2-4-13(12)17/h1-7,14,18H,8,17H2. The van der Waals surface area contributed by atoms with Crippen molar-refractivity contribution in [2.75, 3.05) is 12.3 Å². The molecule has 19 heavy (non-hydrogen) atoms. The van der Waals surface area contributed by atoms with Crippen LogP contribution in [0, 0.1) is 11.6 Å². The van der Waals surface area contributed by atoms with Crippen molar-refractivity contribution >= 4 is 5.69 Å². The highest BCUT2D eigenvalue weighted by atomic mass is 19.1. The van der Waals surface area contributed by atoms with Gasteiger partial charge in [-0.3, -0.25) is 0 Å². The highest BCUT2D eigenvalue weighted by Crippen LogP contribution is 2.22. The van der Waals surface area contributed by atoms with Crippen molar-refractivity contribution in [3.05, 3.63) is 59.7 Å². The molecule has 0 radical (unpaired) electrons. The molecule has 0 aliphatic rings. The summed E-state index contributed by atoms with van der Waals surface area (Å²) < 4.78 is 31.0. The number of anilines is 1. The Morgan fingerprint density at radius 3 is 2.37 bits per heavy atom. The van der Waals surface area contributed by atoms with Gasteiger partial charge in [0.15, 0.2) is 0 Å². The fourth-order valence-corrected chi connectivity index (χ4v) is 1.69. The zero-order valence-electron chi connectivity index (χ0n) is 10.0. The van der Waals surface area contributed by atoms with E-state index >= 15 is 0 Å². The lowest BCUT2D eigenvalue weighted by Gasteiger charge is -2.14. The SMILES string of the molecule is Nc1ccccc1C(O)COc1cc(F)cc(F)c1. The molecule has 0 heterocycles. The summed E-state index contributed by atoms with van der Waals surface area (Å²) >= 11 is 0. The van der Waals surface area contributed by atoms with E-state index in [-0.39, 0.29) is 12.4 Å². The number of nitrogens with two attached hydrogens (primary N) is 1. The van der Waals surface area contributed by atoms with Crippen LogP contribution in [-0.2, 0) is 0 Å². The van der Waals surface area contributed by atoms with Gasteiger partial charge in [0.05, 0.1) is 0 Å². The van der Waals surface area contributed by atoms with E-state index in [0.29, 0.717) is 11.3 Å². The summed E-state index contributed by atoms with van der Waals surface area (Å²) in [6, 6.07) is 9.63. The van der Waals surface area contributed by atoms with E-state index in [1.54, 1.807) is 24.3 Å². The Labute approximate surface area is 109 Å². The van der Waals surface area contributed by atoms with Crippen LogP contribution in [0.4, 0.5) is 14.5 Å². The normalized spacial score (nSPS) is 12.2. The maximum atomic E-state index is 12.9. The molecule has 0 aliphatic carbocycles. The highest BCUT2D eigenvalue weighted by molar-refractivity contribution is 5.47. The van der Waals surface area contributed by atoms with E-state index in [2.05, 4.69) is 0 Å². The van der Waals surface area contributed by atoms with Gasteiger partial charge >= 0.3 is 0 Å². The molecule has 100 valence electrons. The van der Waals surface area contributed by atoms with E-state index in [1.807, 2.05) is 0 Å². The molecular weight excluding hydrogens is 252 g/mol. The first-order valence-corrected chi connectivity index (χ1v) is 5.67. The summed E-state index contributed by atoms with van der Waals surface area (Å²) in [4.78, 5) is 0. The second-order valence-electron chi connectivity index (χ2n) is 4.06. The Balaban J connectivity index is 2.04. The molecule has 2 aromatic carbocycles. The van der Waals surface area contributed by atoms with Crippen LogP contribution in [-0.4, -0.2) is 11.7 Å². The third-order valence-corrected chi connectivity index (χ3v) is 2.60. The number of aliphatic hydroxyl groups is 1. The predicted octanol–water partition coefficient (Wildman–Crippen LogP) is 2.66. The quantitative estimate of drug-likeness (QED) is 0.836. The van der Waals surface area contributed by atoms with Crippen LogP contribution in [0.15, 0.2) is 42.5 Å². The molecule has 1 atom stereocenters. The number of aliphatic hydroxyl groups excluding tert-OH is 1. The molecule has 0 saturated heterocycles. The Kier molecular flexibility index (Phi) is 3.97. The maximum absolute atomic E-state index is 12.9. The van der Waals surface area contributed by atoms with Crippen LogP contribution in [0.3, 0.4) is 0 Å². The number of ether oxygens (including phenoxy) is 1. The molecule has 0 spiro atoms. The summed E-state index contributed by atoms with van der Waals surface area (Å²) in [6.45, 7) is -0.142. The first-order chi connectivity index (χ1) is 9.06. The van der Waals surface area contributed by atoms with Gasteiger partial charge in [-0.2, -0.15) is 0 Å². The Morgan fingerprint density at radius 2 is 1.74 bits per heavy atom. The minimum Gasteiger partial charge on any atom is -0.490 e. The second-order valence-corrected chi connectivity index (χ2v) is 4.06. The topological polar surface area (TPSA) is 55.5 Å². The van der Waals surface area contributed by atoms with Crippen molar-refractivity contribution in [3.8, 4) is 5.75 Å². The molecule has 0 saturated carbocycles. The van der Waals surface area contributed by atoms with Crippen molar-refractivity contribution in [2.24, 2.45) is 0 Å². The molecule has 0 amide bonds. The van der Waals surface area contributed by atoms with Crippen LogP contribution in [0.1, 0.15) is 11.7 Å². The minimum absolute atomic E-state index is 0.0195. The van der Waals surface area contributed by atoms with Gasteiger partial charge in [-0.15, -0.1) is 0 Å². The zero-order chi connectivity index (χ0) is 13.8. The molecule has 0 bridgehead atoms. The molecule has 3 N–H and O–H groups in total. The van der Waals surface area contributed by atoms with E-state index < -0.39 is 17.7 Å². The lowest BCUT2D eigenvalue weighted by molar-refractivity contribution is 0.108. The molecule has 0 aliphatic heterocycles. The molecular formula is C14H13F2NO2. The largest absolute Gasteiger partial charge is 0.490 e. The molecule has 0 aromatic heterocycles. The predicted molar refractivity (Wildman–Crippen MR) is 67.7 cm³/mol. The summed E-state index contributed by atoms with van der Waals surface area (Å²) in [5, 5.41) is 9.91. The maximum Gasteiger partial charge on any atom is 0.129 e. The molecule has 5 heteroatoms. The van der Waals surface area contributed by atoms with Crippen LogP contribution in [0.2, 0.25) is 0 Å². The van der Waals surface area contributed by atoms with E-state index in [9.17, 15) is 13.9 Å². The Morgan fingerprint density at radius 1 is 1.11 bits per heavy atom. The minimum atomic E-state index is -0.965. The van der Waals surface area contributed by atoms with E-state index in [0.717, 1.165) is 18.2 Å². The summed E-state index contributed by atoms with van der Waals surface area (Å²) in [5.74, 6) is -1.45. The van der Waals surface area contributed by atoms with Crippen molar-refractivity contribution in [1.29, 1.82) is 0 Å². The van der Waals surface area contributed by atoms with Crippen molar-refractivity contribution in [1.82, 2.24) is 0 Å². The first kappa shape index (κ1) is 13.3. The highest BCUT2D eigenvalue weighted by Gasteiger charge is 2.12. The van der Waals surface area contributed by atoms with Gasteiger partial charge in [0.2, 0.25) is 0 Å². The van der Waals surface area contributed by atoms with Crippen molar-refractivity contribution in [2.45, 2.75) is 6.10 Å². The van der Waals surface area contributed by atoms with Gasteiger partial charge in [-0.05, 0) is 6.07 Å². The molecule has 1 unspecified atom stereocenters. The van der Waals surface area contributed by atoms with Gasteiger partial charge in [-0.25, -0.2) is 8.78 Å². The van der Waals surface area contributed by atoms with Crippen LogP contribution >= 0.6 is 0 Å². The molecule has 3 nitrogen and oxygen atoms in total. The number of benzene rings is 2. The summed E-state index contributed by atoms with van der Waals surface area (Å²) in [6.07, 6.45) is -0.965.